The Kier molecular flexibility index (Phi) is 5.37. The predicted octanol–water partition coefficient (Wildman–Crippen LogP) is 4.13. The van der Waals surface area contributed by atoms with Crippen LogP contribution in [0.25, 0.3) is 0 Å². The largest absolute Gasteiger partial charge is 0.381 e. The monoisotopic (exact) mass is 248 g/mol. The van der Waals surface area contributed by atoms with Crippen LogP contribution in [0.3, 0.4) is 0 Å². The fraction of sp³-hybridized carbons (Fsp3) is 0.500. The molecule has 2 nitrogen and oxygen atoms in total. The van der Waals surface area contributed by atoms with Gasteiger partial charge < -0.3 is 5.32 Å². The molecule has 0 saturated carbocycles. The van der Waals surface area contributed by atoms with E-state index >= 15 is 0 Å². The number of thioether (sulfide) groups is 1. The van der Waals surface area contributed by atoms with Gasteiger partial charge in [-0.05, 0) is 30.7 Å². The summed E-state index contributed by atoms with van der Waals surface area (Å²) in [6.45, 7) is 6.57. The summed E-state index contributed by atoms with van der Waals surface area (Å²) >= 11 is 1.61. The van der Waals surface area contributed by atoms with Gasteiger partial charge in [0.1, 0.15) is 6.07 Å². The summed E-state index contributed by atoms with van der Waals surface area (Å²) in [5.41, 5.74) is 1.72. The van der Waals surface area contributed by atoms with Crippen molar-refractivity contribution < 1.29 is 0 Å². The van der Waals surface area contributed by atoms with E-state index in [9.17, 15) is 5.26 Å². The van der Waals surface area contributed by atoms with Crippen LogP contribution in [0.1, 0.15) is 32.8 Å². The third kappa shape index (κ3) is 3.41. The molecule has 1 N–H and O–H groups in total. The minimum absolute atomic E-state index is 0.416. The number of anilines is 1. The van der Waals surface area contributed by atoms with Crippen molar-refractivity contribution in [1.82, 2.24) is 0 Å². The van der Waals surface area contributed by atoms with E-state index in [-0.39, 0.29) is 0 Å². The van der Waals surface area contributed by atoms with Crippen LogP contribution in [0.2, 0.25) is 0 Å². The molecule has 0 radical (unpaired) electrons. The van der Waals surface area contributed by atoms with Crippen molar-refractivity contribution in [3.05, 3.63) is 23.8 Å². The molecule has 0 aliphatic rings. The highest BCUT2D eigenvalue weighted by Gasteiger charge is 2.14. The molecule has 0 aromatic heterocycles. The molecule has 0 bridgehead atoms. The normalized spacial score (nSPS) is 12.2. The molecule has 1 aromatic carbocycles. The van der Waals surface area contributed by atoms with Gasteiger partial charge in [-0.2, -0.15) is 5.26 Å². The van der Waals surface area contributed by atoms with Crippen molar-refractivity contribution in [2.24, 2.45) is 5.92 Å². The maximum atomic E-state index is 9.25. The molecular formula is C14H20N2S. The van der Waals surface area contributed by atoms with Crippen molar-refractivity contribution in [3.8, 4) is 6.07 Å². The second kappa shape index (κ2) is 6.56. The van der Waals surface area contributed by atoms with Crippen molar-refractivity contribution in [1.29, 1.82) is 5.26 Å². The summed E-state index contributed by atoms with van der Waals surface area (Å²) in [6.07, 6.45) is 3.06. The lowest BCUT2D eigenvalue weighted by Gasteiger charge is -2.23. The van der Waals surface area contributed by atoms with E-state index in [1.54, 1.807) is 11.8 Å². The number of rotatable bonds is 5. The molecule has 1 unspecified atom stereocenters. The molecule has 0 fully saturated rings. The quantitative estimate of drug-likeness (QED) is 0.796. The van der Waals surface area contributed by atoms with Crippen molar-refractivity contribution >= 4 is 17.4 Å². The molecule has 1 atom stereocenters. The summed E-state index contributed by atoms with van der Waals surface area (Å²) in [5.74, 6) is 0.560. The van der Waals surface area contributed by atoms with Crippen LogP contribution in [0.5, 0.6) is 0 Å². The van der Waals surface area contributed by atoms with Crippen LogP contribution in [-0.4, -0.2) is 12.3 Å². The second-order valence-corrected chi connectivity index (χ2v) is 5.25. The SMILES string of the molecule is CCC(Nc1cccc(SC)c1C#N)C(C)C. The zero-order chi connectivity index (χ0) is 12.8. The van der Waals surface area contributed by atoms with Crippen LogP contribution >= 0.6 is 11.8 Å². The van der Waals surface area contributed by atoms with E-state index in [0.717, 1.165) is 22.6 Å². The molecule has 17 heavy (non-hydrogen) atoms. The second-order valence-electron chi connectivity index (χ2n) is 4.40. The summed E-state index contributed by atoms with van der Waals surface area (Å²) in [7, 11) is 0. The minimum Gasteiger partial charge on any atom is -0.381 e. The van der Waals surface area contributed by atoms with E-state index in [4.69, 9.17) is 0 Å². The van der Waals surface area contributed by atoms with Gasteiger partial charge in [0, 0.05) is 10.9 Å². The summed E-state index contributed by atoms with van der Waals surface area (Å²) < 4.78 is 0. The summed E-state index contributed by atoms with van der Waals surface area (Å²) in [4.78, 5) is 1.04. The molecule has 0 aliphatic heterocycles. The highest BCUT2D eigenvalue weighted by atomic mass is 32.2. The summed E-state index contributed by atoms with van der Waals surface area (Å²) in [5, 5.41) is 12.7. The molecule has 1 rings (SSSR count). The Morgan fingerprint density at radius 2 is 2.12 bits per heavy atom. The van der Waals surface area contributed by atoms with Gasteiger partial charge in [0.05, 0.1) is 11.3 Å². The Bertz CT molecular complexity index is 407. The molecular weight excluding hydrogens is 228 g/mol. The van der Waals surface area contributed by atoms with Crippen LogP contribution < -0.4 is 5.32 Å². The smallest absolute Gasteiger partial charge is 0.102 e. The van der Waals surface area contributed by atoms with Crippen LogP contribution in [0.4, 0.5) is 5.69 Å². The van der Waals surface area contributed by atoms with Gasteiger partial charge in [-0.15, -0.1) is 11.8 Å². The lowest BCUT2D eigenvalue weighted by atomic mass is 10.0. The Labute approximate surface area is 108 Å². The van der Waals surface area contributed by atoms with Gasteiger partial charge >= 0.3 is 0 Å². The summed E-state index contributed by atoms with van der Waals surface area (Å²) in [6, 6.07) is 8.70. The molecule has 0 heterocycles. The number of hydrogen-bond donors (Lipinski definition) is 1. The fourth-order valence-corrected chi connectivity index (χ4v) is 2.45. The maximum Gasteiger partial charge on any atom is 0.102 e. The molecule has 0 saturated heterocycles. The Hall–Kier alpha value is -1.14. The zero-order valence-electron chi connectivity index (χ0n) is 10.9. The topological polar surface area (TPSA) is 35.8 Å². The van der Waals surface area contributed by atoms with E-state index in [1.165, 1.54) is 0 Å². The Morgan fingerprint density at radius 1 is 1.41 bits per heavy atom. The van der Waals surface area contributed by atoms with Gasteiger partial charge in [-0.1, -0.05) is 26.8 Å². The minimum atomic E-state index is 0.416. The van der Waals surface area contributed by atoms with Crippen LogP contribution in [0, 0.1) is 17.2 Å². The number of hydrogen-bond acceptors (Lipinski definition) is 3. The third-order valence-electron chi connectivity index (χ3n) is 2.94. The van der Waals surface area contributed by atoms with Crippen LogP contribution in [-0.2, 0) is 0 Å². The molecule has 0 aliphatic carbocycles. The first-order chi connectivity index (χ1) is 8.13. The first-order valence-electron chi connectivity index (χ1n) is 5.97. The van der Waals surface area contributed by atoms with Gasteiger partial charge in [0.2, 0.25) is 0 Å². The molecule has 92 valence electrons. The number of nitrogens with zero attached hydrogens (tertiary/aromatic N) is 1. The number of benzene rings is 1. The Balaban J connectivity index is 3.02. The molecule has 1 aromatic rings. The van der Waals surface area contributed by atoms with Gasteiger partial charge in [0.25, 0.3) is 0 Å². The van der Waals surface area contributed by atoms with Crippen LogP contribution in [0.15, 0.2) is 23.1 Å². The molecule has 3 heteroatoms. The predicted molar refractivity (Wildman–Crippen MR) is 75.5 cm³/mol. The lowest BCUT2D eigenvalue weighted by Crippen LogP contribution is -2.25. The molecule has 0 spiro atoms. The average Bonchev–Trinajstić information content (AvgIpc) is 2.34. The molecule has 0 amide bonds. The van der Waals surface area contributed by atoms with Gasteiger partial charge in [0.15, 0.2) is 0 Å². The average molecular weight is 248 g/mol. The first-order valence-corrected chi connectivity index (χ1v) is 7.20. The van der Waals surface area contributed by atoms with E-state index in [1.807, 2.05) is 24.5 Å². The van der Waals surface area contributed by atoms with Crippen molar-refractivity contribution in [3.63, 3.8) is 0 Å². The highest BCUT2D eigenvalue weighted by Crippen LogP contribution is 2.27. The number of nitriles is 1. The van der Waals surface area contributed by atoms with E-state index < -0.39 is 0 Å². The standard InChI is InChI=1S/C14H20N2S/c1-5-12(10(2)3)16-13-7-6-8-14(17-4)11(13)9-15/h6-8,10,12,16H,5H2,1-4H3. The van der Waals surface area contributed by atoms with Crippen molar-refractivity contribution in [2.75, 3.05) is 11.6 Å². The van der Waals surface area contributed by atoms with Gasteiger partial charge in [-0.25, -0.2) is 0 Å². The third-order valence-corrected chi connectivity index (χ3v) is 3.72. The van der Waals surface area contributed by atoms with Gasteiger partial charge in [-0.3, -0.25) is 0 Å². The van der Waals surface area contributed by atoms with E-state index in [2.05, 4.69) is 32.2 Å². The lowest BCUT2D eigenvalue weighted by molar-refractivity contribution is 0.511. The number of nitrogens with one attached hydrogen (secondary N) is 1. The Morgan fingerprint density at radius 3 is 2.59 bits per heavy atom. The first kappa shape index (κ1) is 13.9. The van der Waals surface area contributed by atoms with Crippen molar-refractivity contribution in [2.45, 2.75) is 38.1 Å². The fourth-order valence-electron chi connectivity index (χ4n) is 1.88. The highest BCUT2D eigenvalue weighted by molar-refractivity contribution is 7.98. The zero-order valence-corrected chi connectivity index (χ0v) is 11.8. The maximum absolute atomic E-state index is 9.25. The van der Waals surface area contributed by atoms with E-state index in [0.29, 0.717) is 12.0 Å².